The molecule has 0 spiro atoms. The smallest absolute Gasteiger partial charge is 0.126 e. The maximum absolute atomic E-state index is 9.55. The van der Waals surface area contributed by atoms with Crippen LogP contribution in [0.25, 0.3) is 0 Å². The van der Waals surface area contributed by atoms with Crippen molar-refractivity contribution in [3.8, 4) is 12.8 Å². The second-order valence-corrected chi connectivity index (χ2v) is 10.5. The molecule has 3 unspecified atom stereocenters. The van der Waals surface area contributed by atoms with Crippen LogP contribution in [0.5, 0.6) is 0 Å². The Labute approximate surface area is 167 Å². The molecule has 4 fully saturated rings. The van der Waals surface area contributed by atoms with Crippen LogP contribution in [-0.2, 0) is 4.79 Å². The summed E-state index contributed by atoms with van der Waals surface area (Å²) in [5, 5.41) is 9.55. The van der Waals surface area contributed by atoms with E-state index in [-0.39, 0.29) is 5.78 Å². The third kappa shape index (κ3) is 4.45. The summed E-state index contributed by atoms with van der Waals surface area (Å²) >= 11 is 0. The van der Waals surface area contributed by atoms with Gasteiger partial charge in [0.15, 0.2) is 0 Å². The predicted octanol–water partition coefficient (Wildman–Crippen LogP) is 5.87. The molecule has 0 amide bonds. The van der Waals surface area contributed by atoms with Crippen molar-refractivity contribution in [2.45, 2.75) is 91.9 Å². The summed E-state index contributed by atoms with van der Waals surface area (Å²) in [6, 6.07) is 0. The van der Waals surface area contributed by atoms with Crippen LogP contribution in [-0.4, -0.2) is 17.5 Å². The molecule has 154 valence electrons. The summed E-state index contributed by atoms with van der Waals surface area (Å²) in [7, 11) is 0. The fourth-order valence-electron chi connectivity index (χ4n) is 7.51. The van der Waals surface area contributed by atoms with Crippen LogP contribution in [0.2, 0.25) is 0 Å². The topological polar surface area (TPSA) is 37.3 Å². The Kier molecular flexibility index (Phi) is 7.60. The molecule has 4 saturated carbocycles. The molecule has 2 nitrogen and oxygen atoms in total. The van der Waals surface area contributed by atoms with Crippen molar-refractivity contribution in [1.82, 2.24) is 0 Å². The number of hydrogen-bond acceptors (Lipinski definition) is 2. The van der Waals surface area contributed by atoms with Crippen molar-refractivity contribution in [3.05, 3.63) is 0 Å². The summed E-state index contributed by atoms with van der Waals surface area (Å²) in [6.45, 7) is 8.74. The lowest BCUT2D eigenvalue weighted by Crippen LogP contribution is -2.52. The van der Waals surface area contributed by atoms with E-state index in [1.807, 2.05) is 0 Å². The molecule has 4 aliphatic rings. The molecule has 0 bridgehead atoms. The first-order chi connectivity index (χ1) is 12.8. The van der Waals surface area contributed by atoms with Crippen LogP contribution in [0.4, 0.5) is 0 Å². The van der Waals surface area contributed by atoms with E-state index in [4.69, 9.17) is 0 Å². The summed E-state index contributed by atoms with van der Waals surface area (Å²) in [6.07, 6.45) is 22.5. The number of carbonyl (C=O) groups is 1. The van der Waals surface area contributed by atoms with E-state index in [1.165, 1.54) is 78.1 Å². The van der Waals surface area contributed by atoms with Crippen LogP contribution >= 0.6 is 0 Å². The zero-order chi connectivity index (χ0) is 20.2. The van der Waals surface area contributed by atoms with Gasteiger partial charge in [-0.15, -0.1) is 12.8 Å². The first-order valence-electron chi connectivity index (χ1n) is 11.2. The van der Waals surface area contributed by atoms with Gasteiger partial charge in [0, 0.05) is 6.61 Å². The molecule has 2 heteroatoms. The Hall–Kier alpha value is -0.810. The van der Waals surface area contributed by atoms with E-state index in [0.717, 1.165) is 23.7 Å². The van der Waals surface area contributed by atoms with Crippen LogP contribution in [0.15, 0.2) is 0 Å². The number of ketones is 1. The highest BCUT2D eigenvalue weighted by Gasteiger charge is 2.57. The van der Waals surface area contributed by atoms with Gasteiger partial charge in [0.05, 0.1) is 0 Å². The van der Waals surface area contributed by atoms with Gasteiger partial charge in [-0.1, -0.05) is 20.3 Å². The van der Waals surface area contributed by atoms with E-state index in [1.54, 1.807) is 0 Å². The Bertz CT molecular complexity index is 520. The van der Waals surface area contributed by atoms with Gasteiger partial charge in [0.2, 0.25) is 0 Å². The van der Waals surface area contributed by atoms with Gasteiger partial charge in [-0.25, -0.2) is 0 Å². The van der Waals surface area contributed by atoms with Gasteiger partial charge in [0.1, 0.15) is 5.78 Å². The standard InChI is InChI=1S/C20H34O.C3H6O.C2H2/c1-19-9-3-4-17(19)16-6-5-15-12-14(13-21)7-11-20(15,2)18(16)8-10-19;1-3(2)4;1-2/h14-18,21H,3-13H2,1-2H3;1-2H3;1-2H/t14-,15?,16-,17?,18?,19-,20-;;/m0../s1. The Morgan fingerprint density at radius 2 is 1.63 bits per heavy atom. The number of terminal acetylenes is 1. The van der Waals surface area contributed by atoms with E-state index < -0.39 is 0 Å². The fourth-order valence-corrected chi connectivity index (χ4v) is 7.51. The highest BCUT2D eigenvalue weighted by atomic mass is 16.3. The van der Waals surface area contributed by atoms with Crippen molar-refractivity contribution in [2.75, 3.05) is 6.61 Å². The molecule has 4 aliphatic carbocycles. The summed E-state index contributed by atoms with van der Waals surface area (Å²) in [4.78, 5) is 9.44. The minimum Gasteiger partial charge on any atom is -0.396 e. The number of aliphatic hydroxyl groups is 1. The molecule has 7 atom stereocenters. The van der Waals surface area contributed by atoms with Gasteiger partial charge in [0.25, 0.3) is 0 Å². The quantitative estimate of drug-likeness (QED) is 0.583. The molecule has 0 saturated heterocycles. The van der Waals surface area contributed by atoms with Crippen molar-refractivity contribution in [2.24, 2.45) is 40.4 Å². The van der Waals surface area contributed by atoms with Crippen molar-refractivity contribution in [3.63, 3.8) is 0 Å². The molecular weight excluding hydrogens is 332 g/mol. The van der Waals surface area contributed by atoms with Crippen molar-refractivity contribution >= 4 is 5.78 Å². The molecule has 0 aromatic carbocycles. The molecular formula is C25H42O2. The molecule has 1 N–H and O–H groups in total. The zero-order valence-corrected chi connectivity index (χ0v) is 18.2. The Morgan fingerprint density at radius 1 is 0.963 bits per heavy atom. The molecule has 0 heterocycles. The average Bonchev–Trinajstić information content (AvgIpc) is 3.04. The van der Waals surface area contributed by atoms with Gasteiger partial charge in [-0.3, -0.25) is 0 Å². The minimum atomic E-state index is 0.167. The van der Waals surface area contributed by atoms with Crippen LogP contribution < -0.4 is 0 Å². The van der Waals surface area contributed by atoms with Crippen LogP contribution in [0, 0.1) is 53.3 Å². The number of fused-ring (bicyclic) bond motifs is 5. The van der Waals surface area contributed by atoms with Crippen LogP contribution in [0.3, 0.4) is 0 Å². The number of hydrogen-bond donors (Lipinski definition) is 1. The van der Waals surface area contributed by atoms with E-state index in [2.05, 4.69) is 26.7 Å². The van der Waals surface area contributed by atoms with E-state index >= 15 is 0 Å². The third-order valence-corrected chi connectivity index (χ3v) is 8.81. The first-order valence-corrected chi connectivity index (χ1v) is 11.2. The Balaban J connectivity index is 0.000000389. The largest absolute Gasteiger partial charge is 0.396 e. The molecule has 4 rings (SSSR count). The van der Waals surface area contributed by atoms with E-state index in [0.29, 0.717) is 23.4 Å². The molecule has 0 aliphatic heterocycles. The van der Waals surface area contributed by atoms with Gasteiger partial charge >= 0.3 is 0 Å². The lowest BCUT2D eigenvalue weighted by atomic mass is 9.45. The summed E-state index contributed by atoms with van der Waals surface area (Å²) in [5.74, 6) is 4.78. The van der Waals surface area contributed by atoms with E-state index in [9.17, 15) is 9.90 Å². The monoisotopic (exact) mass is 374 g/mol. The normalized spacial score (nSPS) is 44.9. The van der Waals surface area contributed by atoms with Crippen molar-refractivity contribution in [1.29, 1.82) is 0 Å². The predicted molar refractivity (Wildman–Crippen MR) is 113 cm³/mol. The Morgan fingerprint density at radius 3 is 2.26 bits per heavy atom. The second-order valence-electron chi connectivity index (χ2n) is 10.5. The highest BCUT2D eigenvalue weighted by molar-refractivity contribution is 5.72. The average molecular weight is 375 g/mol. The number of rotatable bonds is 1. The maximum atomic E-state index is 9.55. The van der Waals surface area contributed by atoms with Crippen LogP contribution in [0.1, 0.15) is 91.9 Å². The number of carbonyl (C=O) groups excluding carboxylic acids is 1. The van der Waals surface area contributed by atoms with Gasteiger partial charge < -0.3 is 9.90 Å². The molecule has 27 heavy (non-hydrogen) atoms. The fraction of sp³-hybridized carbons (Fsp3) is 0.880. The van der Waals surface area contributed by atoms with Gasteiger partial charge in [-0.2, -0.15) is 0 Å². The lowest BCUT2D eigenvalue weighted by molar-refractivity contribution is -0.115. The number of Topliss-reactive ketones (excluding diaryl/α,β-unsaturated/α-hetero) is 1. The molecule has 0 aromatic heterocycles. The third-order valence-electron chi connectivity index (χ3n) is 8.81. The zero-order valence-electron chi connectivity index (χ0n) is 18.2. The SMILES string of the molecule is C#C.CC(C)=O.C[C@@]12CCCC1[C@@H]1CCC3C[C@@H](CO)CC[C@]3(C)C1CC2. The minimum absolute atomic E-state index is 0.167. The summed E-state index contributed by atoms with van der Waals surface area (Å²) < 4.78 is 0. The first kappa shape index (κ1) is 22.5. The second kappa shape index (κ2) is 9.13. The maximum Gasteiger partial charge on any atom is 0.126 e. The molecule has 0 radical (unpaired) electrons. The summed E-state index contributed by atoms with van der Waals surface area (Å²) in [5.41, 5.74) is 1.31. The van der Waals surface area contributed by atoms with Crippen molar-refractivity contribution < 1.29 is 9.90 Å². The number of aliphatic hydroxyl groups excluding tert-OH is 1. The highest BCUT2D eigenvalue weighted by Crippen LogP contribution is 2.66. The van der Waals surface area contributed by atoms with Gasteiger partial charge in [-0.05, 0) is 112 Å². The lowest BCUT2D eigenvalue weighted by Gasteiger charge is -2.60. The molecule has 0 aromatic rings.